The normalized spacial score (nSPS) is 11.5. The van der Waals surface area contributed by atoms with Crippen LogP contribution in [0.5, 0.6) is 0 Å². The summed E-state index contributed by atoms with van der Waals surface area (Å²) in [5.41, 5.74) is 4.80. The minimum absolute atomic E-state index is 0.274. The van der Waals surface area contributed by atoms with Crippen molar-refractivity contribution in [3.8, 4) is 0 Å². The Labute approximate surface area is 128 Å². The quantitative estimate of drug-likeness (QED) is 0.683. The largest absolute Gasteiger partial charge is 0.466 e. The molecule has 0 unspecified atom stereocenters. The number of aryl methyl sites for hydroxylation is 2. The molecule has 4 nitrogen and oxygen atoms in total. The van der Waals surface area contributed by atoms with Crippen molar-refractivity contribution >= 4 is 23.2 Å². The molecule has 1 heterocycles. The molecule has 1 aromatic carbocycles. The SMILES string of the molecule is CC/C(=N/NC(=O)c1cc(C)oc1C)c1ccc(Cl)cc1. The molecule has 0 aliphatic heterocycles. The third-order valence-electron chi connectivity index (χ3n) is 3.09. The van der Waals surface area contributed by atoms with Crippen LogP contribution < -0.4 is 5.43 Å². The van der Waals surface area contributed by atoms with Crippen LogP contribution in [0.15, 0.2) is 39.9 Å². The first-order chi connectivity index (χ1) is 10.0. The summed E-state index contributed by atoms with van der Waals surface area (Å²) in [6, 6.07) is 9.06. The number of carbonyl (C=O) groups excluding carboxylic acids is 1. The lowest BCUT2D eigenvalue weighted by molar-refractivity contribution is 0.0953. The van der Waals surface area contributed by atoms with Gasteiger partial charge in [0, 0.05) is 5.02 Å². The number of furan rings is 1. The highest BCUT2D eigenvalue weighted by molar-refractivity contribution is 6.30. The van der Waals surface area contributed by atoms with Crippen molar-refractivity contribution in [2.24, 2.45) is 5.10 Å². The lowest BCUT2D eigenvalue weighted by Gasteiger charge is -2.05. The first kappa shape index (κ1) is 15.3. The van der Waals surface area contributed by atoms with Crippen LogP contribution in [0.25, 0.3) is 0 Å². The minimum atomic E-state index is -0.274. The van der Waals surface area contributed by atoms with E-state index in [0.29, 0.717) is 28.5 Å². The highest BCUT2D eigenvalue weighted by Crippen LogP contribution is 2.14. The summed E-state index contributed by atoms with van der Waals surface area (Å²) in [5, 5.41) is 4.87. The first-order valence-electron chi connectivity index (χ1n) is 6.71. The fourth-order valence-electron chi connectivity index (χ4n) is 2.02. The van der Waals surface area contributed by atoms with E-state index in [9.17, 15) is 4.79 Å². The van der Waals surface area contributed by atoms with Gasteiger partial charge in [-0.25, -0.2) is 5.43 Å². The van der Waals surface area contributed by atoms with Gasteiger partial charge in [0.05, 0.1) is 11.3 Å². The second kappa shape index (κ2) is 6.59. The molecule has 0 aliphatic rings. The fourth-order valence-corrected chi connectivity index (χ4v) is 2.15. The number of amides is 1. The van der Waals surface area contributed by atoms with Crippen LogP contribution in [0.4, 0.5) is 0 Å². The van der Waals surface area contributed by atoms with Crippen molar-refractivity contribution in [2.45, 2.75) is 27.2 Å². The molecule has 21 heavy (non-hydrogen) atoms. The lowest BCUT2D eigenvalue weighted by atomic mass is 10.1. The second-order valence-electron chi connectivity index (χ2n) is 4.69. The molecule has 1 N–H and O–H groups in total. The van der Waals surface area contributed by atoms with Crippen LogP contribution in [-0.4, -0.2) is 11.6 Å². The van der Waals surface area contributed by atoms with Crippen LogP contribution >= 0.6 is 11.6 Å². The average Bonchev–Trinajstić information content (AvgIpc) is 2.80. The fraction of sp³-hybridized carbons (Fsp3) is 0.250. The number of halogens is 1. The molecule has 0 saturated heterocycles. The molecule has 1 aromatic heterocycles. The van der Waals surface area contributed by atoms with E-state index in [4.69, 9.17) is 16.0 Å². The van der Waals surface area contributed by atoms with Gasteiger partial charge in [0.2, 0.25) is 0 Å². The van der Waals surface area contributed by atoms with Gasteiger partial charge in [-0.3, -0.25) is 4.79 Å². The predicted molar refractivity (Wildman–Crippen MR) is 83.9 cm³/mol. The Morgan fingerprint density at radius 1 is 1.29 bits per heavy atom. The summed E-state index contributed by atoms with van der Waals surface area (Å²) in [4.78, 5) is 12.1. The summed E-state index contributed by atoms with van der Waals surface area (Å²) >= 11 is 5.87. The molecule has 0 radical (unpaired) electrons. The molecule has 0 fully saturated rings. The van der Waals surface area contributed by atoms with Gasteiger partial charge in [-0.05, 0) is 44.0 Å². The Morgan fingerprint density at radius 3 is 2.48 bits per heavy atom. The number of hydrogen-bond donors (Lipinski definition) is 1. The molecule has 0 aliphatic carbocycles. The van der Waals surface area contributed by atoms with Crippen molar-refractivity contribution in [3.63, 3.8) is 0 Å². The van der Waals surface area contributed by atoms with Crippen molar-refractivity contribution < 1.29 is 9.21 Å². The molecule has 5 heteroatoms. The van der Waals surface area contributed by atoms with Crippen LogP contribution in [0, 0.1) is 13.8 Å². The average molecular weight is 305 g/mol. The van der Waals surface area contributed by atoms with Crippen molar-refractivity contribution in [1.29, 1.82) is 0 Å². The van der Waals surface area contributed by atoms with E-state index in [-0.39, 0.29) is 5.91 Å². The third-order valence-corrected chi connectivity index (χ3v) is 3.34. The van der Waals surface area contributed by atoms with Gasteiger partial charge in [-0.2, -0.15) is 5.10 Å². The Balaban J connectivity index is 2.16. The summed E-state index contributed by atoms with van der Waals surface area (Å²) in [6.07, 6.45) is 0.700. The van der Waals surface area contributed by atoms with E-state index in [1.807, 2.05) is 19.1 Å². The molecule has 1 amide bonds. The van der Waals surface area contributed by atoms with E-state index < -0.39 is 0 Å². The molecule has 0 atom stereocenters. The topological polar surface area (TPSA) is 54.6 Å². The van der Waals surface area contributed by atoms with Gasteiger partial charge in [0.15, 0.2) is 0 Å². The molecule has 2 aromatic rings. The maximum absolute atomic E-state index is 12.1. The number of carbonyl (C=O) groups is 1. The lowest BCUT2D eigenvalue weighted by Crippen LogP contribution is -2.20. The molecular formula is C16H17ClN2O2. The van der Waals surface area contributed by atoms with Gasteiger partial charge in [0.1, 0.15) is 11.5 Å². The number of benzene rings is 1. The van der Waals surface area contributed by atoms with Crippen LogP contribution in [-0.2, 0) is 0 Å². The van der Waals surface area contributed by atoms with E-state index in [2.05, 4.69) is 10.5 Å². The van der Waals surface area contributed by atoms with Crippen molar-refractivity contribution in [3.05, 3.63) is 58.0 Å². The van der Waals surface area contributed by atoms with Gasteiger partial charge < -0.3 is 4.42 Å². The van der Waals surface area contributed by atoms with Crippen LogP contribution in [0.3, 0.4) is 0 Å². The smallest absolute Gasteiger partial charge is 0.274 e. The van der Waals surface area contributed by atoms with E-state index in [1.54, 1.807) is 32.0 Å². The minimum Gasteiger partial charge on any atom is -0.466 e. The van der Waals surface area contributed by atoms with Crippen molar-refractivity contribution in [2.75, 3.05) is 0 Å². The maximum Gasteiger partial charge on any atom is 0.274 e. The van der Waals surface area contributed by atoms with Crippen LogP contribution in [0.2, 0.25) is 5.02 Å². The zero-order valence-electron chi connectivity index (χ0n) is 12.2. The number of nitrogens with zero attached hydrogens (tertiary/aromatic N) is 1. The zero-order valence-corrected chi connectivity index (χ0v) is 13.0. The van der Waals surface area contributed by atoms with Gasteiger partial charge in [-0.1, -0.05) is 30.7 Å². The molecule has 2 rings (SSSR count). The van der Waals surface area contributed by atoms with E-state index in [0.717, 1.165) is 11.3 Å². The third kappa shape index (κ3) is 3.73. The van der Waals surface area contributed by atoms with E-state index in [1.165, 1.54) is 0 Å². The predicted octanol–water partition coefficient (Wildman–Crippen LogP) is 4.09. The van der Waals surface area contributed by atoms with Gasteiger partial charge in [0.25, 0.3) is 5.91 Å². The summed E-state index contributed by atoms with van der Waals surface area (Å²) in [5.74, 6) is 1.02. The molecule has 0 bridgehead atoms. The Kier molecular flexibility index (Phi) is 4.81. The Morgan fingerprint density at radius 2 is 1.95 bits per heavy atom. The summed E-state index contributed by atoms with van der Waals surface area (Å²) in [7, 11) is 0. The maximum atomic E-state index is 12.1. The van der Waals surface area contributed by atoms with Crippen molar-refractivity contribution in [1.82, 2.24) is 5.43 Å². The molecule has 0 saturated carbocycles. The summed E-state index contributed by atoms with van der Waals surface area (Å²) in [6.45, 7) is 5.54. The second-order valence-corrected chi connectivity index (χ2v) is 5.12. The van der Waals surface area contributed by atoms with E-state index >= 15 is 0 Å². The number of nitrogens with one attached hydrogen (secondary N) is 1. The standard InChI is InChI=1S/C16H17ClN2O2/c1-4-15(12-5-7-13(17)8-6-12)18-19-16(20)14-9-10(2)21-11(14)3/h5-9H,4H2,1-3H3,(H,19,20)/b18-15-. The van der Waals surface area contributed by atoms with Gasteiger partial charge >= 0.3 is 0 Å². The highest BCUT2D eigenvalue weighted by Gasteiger charge is 2.13. The summed E-state index contributed by atoms with van der Waals surface area (Å²) < 4.78 is 5.34. The Hall–Kier alpha value is -2.07. The first-order valence-corrected chi connectivity index (χ1v) is 7.09. The molecule has 110 valence electrons. The van der Waals surface area contributed by atoms with Gasteiger partial charge in [-0.15, -0.1) is 0 Å². The number of hydrogen-bond acceptors (Lipinski definition) is 3. The number of rotatable bonds is 4. The zero-order chi connectivity index (χ0) is 15.4. The monoisotopic (exact) mass is 304 g/mol. The van der Waals surface area contributed by atoms with Crippen LogP contribution in [0.1, 0.15) is 40.8 Å². The molecular weight excluding hydrogens is 288 g/mol. The highest BCUT2D eigenvalue weighted by atomic mass is 35.5. The Bertz CT molecular complexity index is 672. The number of hydrazone groups is 1. The molecule has 0 spiro atoms.